The Morgan fingerprint density at radius 3 is 2.68 bits per heavy atom. The smallest absolute Gasteiger partial charge is 0.331 e. The second kappa shape index (κ2) is 5.19. The molecule has 0 amide bonds. The molecular weight excluding hydrogens is 248 g/mol. The van der Waals surface area contributed by atoms with E-state index in [1.165, 1.54) is 6.08 Å². The first-order chi connectivity index (χ1) is 9.03. The minimum absolute atomic E-state index is 0.0233. The van der Waals surface area contributed by atoms with Crippen molar-refractivity contribution in [3.63, 3.8) is 0 Å². The lowest BCUT2D eigenvalue weighted by atomic mass is 9.95. The average molecular weight is 262 g/mol. The Kier molecular flexibility index (Phi) is 3.62. The van der Waals surface area contributed by atoms with Crippen LogP contribution in [-0.4, -0.2) is 32.7 Å². The summed E-state index contributed by atoms with van der Waals surface area (Å²) in [6.45, 7) is 0.286. The summed E-state index contributed by atoms with van der Waals surface area (Å²) in [5.74, 6) is -2.11. The van der Waals surface area contributed by atoms with Gasteiger partial charge < -0.3 is 10.2 Å². The summed E-state index contributed by atoms with van der Waals surface area (Å²) in [6, 6.07) is 5.37. The normalized spacial score (nSPS) is 22.0. The van der Waals surface area contributed by atoms with Crippen LogP contribution >= 0.6 is 0 Å². The van der Waals surface area contributed by atoms with Crippen molar-refractivity contribution in [1.29, 1.82) is 0 Å². The van der Waals surface area contributed by atoms with Crippen LogP contribution in [0.4, 0.5) is 0 Å². The molecule has 1 heterocycles. The Morgan fingerprint density at radius 1 is 1.37 bits per heavy atom. The van der Waals surface area contributed by atoms with Gasteiger partial charge in [-0.05, 0) is 18.6 Å². The van der Waals surface area contributed by atoms with Gasteiger partial charge in [-0.15, -0.1) is 0 Å². The van der Waals surface area contributed by atoms with E-state index in [4.69, 9.17) is 5.11 Å². The zero-order valence-electron chi connectivity index (χ0n) is 10.2. The quantitative estimate of drug-likeness (QED) is 0.725. The molecule has 0 saturated carbocycles. The van der Waals surface area contributed by atoms with Crippen molar-refractivity contribution < 1.29 is 19.8 Å². The van der Waals surface area contributed by atoms with Crippen LogP contribution in [0.15, 0.2) is 36.0 Å². The lowest BCUT2D eigenvalue weighted by Crippen LogP contribution is -2.50. The standard InChI is InChI=1S/C13H14N2O4/c16-11(17)9-4-5-13(7-9,12(18)19)15-8-10-3-1-2-6-14-10/h1-4,6,15H,5,7-8H2,(H,16,17)(H,18,19). The molecule has 0 aliphatic heterocycles. The van der Waals surface area contributed by atoms with Crippen LogP contribution in [0.1, 0.15) is 18.5 Å². The largest absolute Gasteiger partial charge is 0.480 e. The van der Waals surface area contributed by atoms with Gasteiger partial charge >= 0.3 is 11.9 Å². The summed E-state index contributed by atoms with van der Waals surface area (Å²) in [6.07, 6.45) is 3.23. The Balaban J connectivity index is 2.07. The van der Waals surface area contributed by atoms with Gasteiger partial charge in [0.25, 0.3) is 0 Å². The number of aromatic nitrogens is 1. The van der Waals surface area contributed by atoms with Gasteiger partial charge in [0.15, 0.2) is 0 Å². The molecule has 19 heavy (non-hydrogen) atoms. The van der Waals surface area contributed by atoms with Crippen LogP contribution < -0.4 is 5.32 Å². The summed E-state index contributed by atoms with van der Waals surface area (Å²) < 4.78 is 0. The lowest BCUT2D eigenvalue weighted by Gasteiger charge is -2.25. The number of nitrogens with zero attached hydrogens (tertiary/aromatic N) is 1. The van der Waals surface area contributed by atoms with E-state index in [-0.39, 0.29) is 25.0 Å². The van der Waals surface area contributed by atoms with Crippen LogP contribution in [0.25, 0.3) is 0 Å². The van der Waals surface area contributed by atoms with E-state index in [2.05, 4.69) is 10.3 Å². The number of rotatable bonds is 5. The monoisotopic (exact) mass is 262 g/mol. The molecule has 0 fully saturated rings. The van der Waals surface area contributed by atoms with E-state index in [0.29, 0.717) is 5.69 Å². The molecule has 2 rings (SSSR count). The minimum atomic E-state index is -1.24. The molecule has 6 nitrogen and oxygen atoms in total. The van der Waals surface area contributed by atoms with E-state index in [0.717, 1.165) is 0 Å². The predicted molar refractivity (Wildman–Crippen MR) is 66.4 cm³/mol. The number of nitrogens with one attached hydrogen (secondary N) is 1. The van der Waals surface area contributed by atoms with Gasteiger partial charge in [0.2, 0.25) is 0 Å². The van der Waals surface area contributed by atoms with Gasteiger partial charge in [0.1, 0.15) is 5.54 Å². The fraction of sp³-hybridized carbons (Fsp3) is 0.308. The second-order valence-electron chi connectivity index (χ2n) is 4.48. The van der Waals surface area contributed by atoms with Gasteiger partial charge in [-0.3, -0.25) is 15.1 Å². The minimum Gasteiger partial charge on any atom is -0.480 e. The van der Waals surface area contributed by atoms with Crippen molar-refractivity contribution in [3.05, 3.63) is 41.7 Å². The van der Waals surface area contributed by atoms with Crippen molar-refractivity contribution in [2.45, 2.75) is 24.9 Å². The fourth-order valence-corrected chi connectivity index (χ4v) is 2.07. The maximum absolute atomic E-state index is 11.4. The van der Waals surface area contributed by atoms with Crippen molar-refractivity contribution in [2.75, 3.05) is 0 Å². The molecule has 1 aromatic rings. The zero-order chi connectivity index (χ0) is 13.9. The number of carboxylic acids is 2. The zero-order valence-corrected chi connectivity index (χ0v) is 10.2. The Morgan fingerprint density at radius 2 is 2.16 bits per heavy atom. The highest BCUT2D eigenvalue weighted by Gasteiger charge is 2.43. The van der Waals surface area contributed by atoms with Crippen LogP contribution in [0.2, 0.25) is 0 Å². The molecule has 0 saturated heterocycles. The lowest BCUT2D eigenvalue weighted by molar-refractivity contribution is -0.144. The topological polar surface area (TPSA) is 99.5 Å². The van der Waals surface area contributed by atoms with Crippen molar-refractivity contribution in [3.8, 4) is 0 Å². The molecule has 0 radical (unpaired) electrons. The Labute approximate surface area is 109 Å². The summed E-state index contributed by atoms with van der Waals surface area (Å²) >= 11 is 0. The first-order valence-corrected chi connectivity index (χ1v) is 5.84. The molecule has 3 N–H and O–H groups in total. The van der Waals surface area contributed by atoms with E-state index in [1.807, 2.05) is 6.07 Å². The van der Waals surface area contributed by atoms with Gasteiger partial charge in [0.05, 0.1) is 5.69 Å². The third kappa shape index (κ3) is 2.79. The third-order valence-corrected chi connectivity index (χ3v) is 3.21. The van der Waals surface area contributed by atoms with E-state index in [1.54, 1.807) is 18.3 Å². The molecular formula is C13H14N2O4. The summed E-state index contributed by atoms with van der Waals surface area (Å²) in [4.78, 5) is 26.4. The first kappa shape index (κ1) is 13.2. The highest BCUT2D eigenvalue weighted by atomic mass is 16.4. The molecule has 1 unspecified atom stereocenters. The van der Waals surface area contributed by atoms with Crippen LogP contribution in [0.5, 0.6) is 0 Å². The predicted octanol–water partition coefficient (Wildman–Crippen LogP) is 0.799. The molecule has 0 aromatic carbocycles. The summed E-state index contributed by atoms with van der Waals surface area (Å²) in [5, 5.41) is 21.2. The Bertz CT molecular complexity index is 527. The number of pyridine rings is 1. The molecule has 100 valence electrons. The molecule has 1 aromatic heterocycles. The molecule has 6 heteroatoms. The van der Waals surface area contributed by atoms with Crippen molar-refractivity contribution in [1.82, 2.24) is 10.3 Å². The molecule has 0 bridgehead atoms. The molecule has 1 atom stereocenters. The van der Waals surface area contributed by atoms with Crippen molar-refractivity contribution in [2.24, 2.45) is 0 Å². The van der Waals surface area contributed by atoms with Gasteiger partial charge in [-0.2, -0.15) is 0 Å². The number of carboxylic acid groups (broad SMARTS) is 2. The number of carbonyl (C=O) groups is 2. The summed E-state index contributed by atoms with van der Waals surface area (Å²) in [5.41, 5.74) is -0.395. The second-order valence-corrected chi connectivity index (χ2v) is 4.48. The van der Waals surface area contributed by atoms with Gasteiger partial charge in [-0.25, -0.2) is 4.79 Å². The van der Waals surface area contributed by atoms with E-state index < -0.39 is 17.5 Å². The molecule has 1 aliphatic rings. The molecule has 0 spiro atoms. The Hall–Kier alpha value is -2.21. The maximum Gasteiger partial charge on any atom is 0.331 e. The van der Waals surface area contributed by atoms with Gasteiger partial charge in [0, 0.05) is 24.7 Å². The number of hydrogen-bond acceptors (Lipinski definition) is 4. The van der Waals surface area contributed by atoms with E-state index >= 15 is 0 Å². The maximum atomic E-state index is 11.4. The summed E-state index contributed by atoms with van der Waals surface area (Å²) in [7, 11) is 0. The van der Waals surface area contributed by atoms with Crippen molar-refractivity contribution >= 4 is 11.9 Å². The average Bonchev–Trinajstić information content (AvgIpc) is 2.84. The first-order valence-electron chi connectivity index (χ1n) is 5.84. The van der Waals surface area contributed by atoms with Crippen LogP contribution in [0, 0.1) is 0 Å². The van der Waals surface area contributed by atoms with Gasteiger partial charge in [-0.1, -0.05) is 12.1 Å². The molecule has 1 aliphatic carbocycles. The fourth-order valence-electron chi connectivity index (χ4n) is 2.07. The number of aliphatic carboxylic acids is 2. The van der Waals surface area contributed by atoms with Crippen LogP contribution in [0.3, 0.4) is 0 Å². The SMILES string of the molecule is O=C(O)C1=CCC(NCc2ccccn2)(C(=O)O)C1. The third-order valence-electron chi connectivity index (χ3n) is 3.21. The highest BCUT2D eigenvalue weighted by Crippen LogP contribution is 2.30. The highest BCUT2D eigenvalue weighted by molar-refractivity contribution is 5.91. The number of hydrogen-bond donors (Lipinski definition) is 3. The van der Waals surface area contributed by atoms with Crippen LogP contribution in [-0.2, 0) is 16.1 Å². The van der Waals surface area contributed by atoms with E-state index in [9.17, 15) is 14.7 Å².